The first-order chi connectivity index (χ1) is 8.97. The van der Waals surface area contributed by atoms with Crippen molar-refractivity contribution in [3.63, 3.8) is 0 Å². The predicted octanol–water partition coefficient (Wildman–Crippen LogP) is 1.85. The van der Waals surface area contributed by atoms with Gasteiger partial charge in [0.15, 0.2) is 0 Å². The number of nitrogens with two attached hydrogens (primary N) is 1. The Hall–Kier alpha value is -2.08. The molecular formula is C12H13ClN4O2. The number of oxazole rings is 1. The first-order valence-electron chi connectivity index (χ1n) is 5.60. The smallest absolute Gasteiger partial charge is 0.271 e. The Morgan fingerprint density at radius 3 is 2.79 bits per heavy atom. The third-order valence-corrected chi connectivity index (χ3v) is 2.86. The molecule has 2 aromatic rings. The van der Waals surface area contributed by atoms with Gasteiger partial charge >= 0.3 is 0 Å². The maximum Gasteiger partial charge on any atom is 0.271 e. The van der Waals surface area contributed by atoms with E-state index in [-0.39, 0.29) is 23.1 Å². The van der Waals surface area contributed by atoms with Crippen molar-refractivity contribution in [3.8, 4) is 0 Å². The number of carbonyl (C=O) groups excluding carboxylic acids is 1. The highest BCUT2D eigenvalue weighted by atomic mass is 35.5. The summed E-state index contributed by atoms with van der Waals surface area (Å²) >= 11 is 5.88. The minimum absolute atomic E-state index is 0.0849. The molecular weight excluding hydrogens is 268 g/mol. The summed E-state index contributed by atoms with van der Waals surface area (Å²) in [7, 11) is 0. The number of aromatic nitrogens is 2. The van der Waals surface area contributed by atoms with Crippen molar-refractivity contribution in [2.24, 2.45) is 0 Å². The lowest BCUT2D eigenvalue weighted by molar-refractivity contribution is 0.0942. The molecule has 0 radical (unpaired) electrons. The zero-order valence-electron chi connectivity index (χ0n) is 10.5. The van der Waals surface area contributed by atoms with Gasteiger partial charge in [-0.05, 0) is 26.0 Å². The summed E-state index contributed by atoms with van der Waals surface area (Å²) in [6.07, 6.45) is 0. The predicted molar refractivity (Wildman–Crippen MR) is 70.8 cm³/mol. The van der Waals surface area contributed by atoms with Crippen LogP contribution in [0.4, 0.5) is 5.82 Å². The molecule has 2 heterocycles. The minimum Gasteiger partial charge on any atom is -0.444 e. The lowest BCUT2D eigenvalue weighted by Crippen LogP contribution is -2.24. The molecule has 0 saturated heterocycles. The Morgan fingerprint density at radius 2 is 2.16 bits per heavy atom. The van der Waals surface area contributed by atoms with E-state index in [1.807, 2.05) is 13.8 Å². The van der Waals surface area contributed by atoms with Crippen molar-refractivity contribution in [2.45, 2.75) is 20.4 Å². The molecule has 0 fully saturated rings. The summed E-state index contributed by atoms with van der Waals surface area (Å²) in [6, 6.07) is 3.05. The second-order valence-corrected chi connectivity index (χ2v) is 4.41. The largest absolute Gasteiger partial charge is 0.444 e. The molecule has 0 bridgehead atoms. The van der Waals surface area contributed by atoms with Crippen LogP contribution in [0.5, 0.6) is 0 Å². The van der Waals surface area contributed by atoms with Gasteiger partial charge in [-0.3, -0.25) is 4.79 Å². The number of nitrogens with one attached hydrogen (secondary N) is 1. The fourth-order valence-electron chi connectivity index (χ4n) is 1.47. The van der Waals surface area contributed by atoms with Gasteiger partial charge in [-0.25, -0.2) is 9.97 Å². The van der Waals surface area contributed by atoms with Crippen LogP contribution in [0.15, 0.2) is 16.5 Å². The molecule has 7 heteroatoms. The summed E-state index contributed by atoms with van der Waals surface area (Å²) in [4.78, 5) is 19.9. The third kappa shape index (κ3) is 3.03. The molecule has 2 rings (SSSR count). The molecule has 100 valence electrons. The quantitative estimate of drug-likeness (QED) is 0.895. The Kier molecular flexibility index (Phi) is 3.71. The zero-order chi connectivity index (χ0) is 14.0. The maximum atomic E-state index is 11.9. The Labute approximate surface area is 115 Å². The number of halogens is 1. The van der Waals surface area contributed by atoms with Crippen molar-refractivity contribution in [1.82, 2.24) is 15.3 Å². The summed E-state index contributed by atoms with van der Waals surface area (Å²) in [5, 5.41) is 2.87. The van der Waals surface area contributed by atoms with Crippen molar-refractivity contribution < 1.29 is 9.21 Å². The third-order valence-electron chi connectivity index (χ3n) is 2.56. The van der Waals surface area contributed by atoms with E-state index < -0.39 is 5.91 Å². The highest BCUT2D eigenvalue weighted by molar-refractivity contribution is 6.33. The molecule has 0 spiro atoms. The molecule has 0 saturated carbocycles. The van der Waals surface area contributed by atoms with E-state index in [1.165, 1.54) is 12.1 Å². The number of amides is 1. The summed E-state index contributed by atoms with van der Waals surface area (Å²) in [5.41, 5.74) is 6.40. The van der Waals surface area contributed by atoms with Crippen LogP contribution in [0.1, 0.15) is 27.8 Å². The molecule has 0 aliphatic heterocycles. The summed E-state index contributed by atoms with van der Waals surface area (Å²) in [6.45, 7) is 3.81. The summed E-state index contributed by atoms with van der Waals surface area (Å²) < 4.78 is 5.35. The van der Waals surface area contributed by atoms with Crippen LogP contribution in [-0.2, 0) is 6.54 Å². The van der Waals surface area contributed by atoms with Crippen LogP contribution in [-0.4, -0.2) is 15.9 Å². The van der Waals surface area contributed by atoms with Gasteiger partial charge in [0.2, 0.25) is 5.89 Å². The Morgan fingerprint density at radius 1 is 1.42 bits per heavy atom. The second-order valence-electron chi connectivity index (χ2n) is 4.00. The standard InChI is InChI=1S/C12H13ClN4O2/c1-6-7(2)19-10(16-6)5-15-12(18)11-8(13)3-4-9(14)17-11/h3-4H,5H2,1-2H3,(H2,14,17)(H,15,18). The van der Waals surface area contributed by atoms with Gasteiger partial charge in [-0.2, -0.15) is 0 Å². The molecule has 2 aromatic heterocycles. The van der Waals surface area contributed by atoms with E-state index in [0.29, 0.717) is 5.89 Å². The molecule has 1 amide bonds. The minimum atomic E-state index is -0.425. The highest BCUT2D eigenvalue weighted by Crippen LogP contribution is 2.15. The van der Waals surface area contributed by atoms with Crippen molar-refractivity contribution >= 4 is 23.3 Å². The molecule has 3 N–H and O–H groups in total. The molecule has 0 atom stereocenters. The second kappa shape index (κ2) is 5.27. The highest BCUT2D eigenvalue weighted by Gasteiger charge is 2.14. The molecule has 19 heavy (non-hydrogen) atoms. The number of hydrogen-bond acceptors (Lipinski definition) is 5. The SMILES string of the molecule is Cc1nc(CNC(=O)c2nc(N)ccc2Cl)oc1C. The van der Waals surface area contributed by atoms with Crippen LogP contribution in [0.2, 0.25) is 5.02 Å². The van der Waals surface area contributed by atoms with Crippen LogP contribution < -0.4 is 11.1 Å². The van der Waals surface area contributed by atoms with Crippen molar-refractivity contribution in [3.05, 3.63) is 40.2 Å². The molecule has 0 aliphatic rings. The maximum absolute atomic E-state index is 11.9. The average Bonchev–Trinajstić information content (AvgIpc) is 2.69. The van der Waals surface area contributed by atoms with Crippen LogP contribution in [0.25, 0.3) is 0 Å². The lowest BCUT2D eigenvalue weighted by Gasteiger charge is -2.04. The van der Waals surface area contributed by atoms with E-state index >= 15 is 0 Å². The lowest BCUT2D eigenvalue weighted by atomic mass is 10.3. The fourth-order valence-corrected chi connectivity index (χ4v) is 1.66. The van der Waals surface area contributed by atoms with Gasteiger partial charge in [0.05, 0.1) is 17.3 Å². The van der Waals surface area contributed by atoms with Gasteiger partial charge in [0.25, 0.3) is 5.91 Å². The molecule has 0 unspecified atom stereocenters. The van der Waals surface area contributed by atoms with E-state index in [2.05, 4.69) is 15.3 Å². The first-order valence-corrected chi connectivity index (χ1v) is 5.98. The van der Waals surface area contributed by atoms with Crippen molar-refractivity contribution in [1.29, 1.82) is 0 Å². The van der Waals surface area contributed by atoms with Crippen LogP contribution in [0, 0.1) is 13.8 Å². The Balaban J connectivity index is 2.07. The number of hydrogen-bond donors (Lipinski definition) is 2. The zero-order valence-corrected chi connectivity index (χ0v) is 11.3. The summed E-state index contributed by atoms with van der Waals surface area (Å²) in [5.74, 6) is 0.968. The molecule has 0 aliphatic carbocycles. The number of anilines is 1. The number of aryl methyl sites for hydroxylation is 2. The monoisotopic (exact) mass is 280 g/mol. The van der Waals surface area contributed by atoms with Gasteiger partial charge in [-0.1, -0.05) is 11.6 Å². The number of pyridine rings is 1. The van der Waals surface area contributed by atoms with Gasteiger partial charge in [0.1, 0.15) is 17.3 Å². The van der Waals surface area contributed by atoms with Gasteiger partial charge in [-0.15, -0.1) is 0 Å². The molecule has 0 aromatic carbocycles. The number of carbonyl (C=O) groups is 1. The van der Waals surface area contributed by atoms with E-state index in [0.717, 1.165) is 11.5 Å². The van der Waals surface area contributed by atoms with E-state index in [4.69, 9.17) is 21.8 Å². The van der Waals surface area contributed by atoms with E-state index in [1.54, 1.807) is 0 Å². The first kappa shape index (κ1) is 13.4. The number of nitrogens with zero attached hydrogens (tertiary/aromatic N) is 2. The van der Waals surface area contributed by atoms with Crippen molar-refractivity contribution in [2.75, 3.05) is 5.73 Å². The van der Waals surface area contributed by atoms with Gasteiger partial charge in [0, 0.05) is 0 Å². The topological polar surface area (TPSA) is 94.0 Å². The fraction of sp³-hybridized carbons (Fsp3) is 0.250. The van der Waals surface area contributed by atoms with Crippen LogP contribution >= 0.6 is 11.6 Å². The normalized spacial score (nSPS) is 10.5. The molecule has 6 nitrogen and oxygen atoms in total. The Bertz CT molecular complexity index is 605. The van der Waals surface area contributed by atoms with E-state index in [9.17, 15) is 4.79 Å². The number of rotatable bonds is 3. The van der Waals surface area contributed by atoms with Gasteiger partial charge < -0.3 is 15.5 Å². The number of nitrogen functional groups attached to an aromatic ring is 1. The van der Waals surface area contributed by atoms with Crippen LogP contribution in [0.3, 0.4) is 0 Å². The average molecular weight is 281 g/mol.